The summed E-state index contributed by atoms with van der Waals surface area (Å²) in [4.78, 5) is 0.936. The van der Waals surface area contributed by atoms with Crippen LogP contribution in [0.15, 0.2) is 34.5 Å². The summed E-state index contributed by atoms with van der Waals surface area (Å²) in [6.45, 7) is 2.09. The van der Waals surface area contributed by atoms with E-state index in [0.29, 0.717) is 17.0 Å². The molecule has 0 unspecified atom stereocenters. The fraction of sp³-hybridized carbons (Fsp3) is 0.231. The molecular formula is C13H15FN2O2S2. The zero-order chi connectivity index (χ0) is 14.8. The van der Waals surface area contributed by atoms with E-state index in [0.717, 1.165) is 0 Å². The number of hydrogen-bond donors (Lipinski definition) is 2. The number of nitrogens with one attached hydrogen (secondary N) is 2. The molecule has 0 radical (unpaired) electrons. The molecule has 0 aliphatic heterocycles. The predicted molar refractivity (Wildman–Crippen MR) is 79.0 cm³/mol. The highest BCUT2D eigenvalue weighted by Crippen LogP contribution is 2.25. The Hall–Kier alpha value is -1.44. The molecule has 1 heterocycles. The average Bonchev–Trinajstić information content (AvgIpc) is 2.83. The summed E-state index contributed by atoms with van der Waals surface area (Å²) in [7, 11) is -1.95. The van der Waals surface area contributed by atoms with Crippen LogP contribution < -0.4 is 10.0 Å². The van der Waals surface area contributed by atoms with E-state index >= 15 is 0 Å². The van der Waals surface area contributed by atoms with E-state index in [1.54, 1.807) is 31.5 Å². The molecule has 20 heavy (non-hydrogen) atoms. The first kappa shape index (κ1) is 15.0. The Balaban J connectivity index is 2.30. The van der Waals surface area contributed by atoms with Crippen molar-refractivity contribution >= 4 is 27.0 Å². The lowest BCUT2D eigenvalue weighted by atomic mass is 10.2. The van der Waals surface area contributed by atoms with Crippen molar-refractivity contribution in [3.8, 4) is 0 Å². The third-order valence-corrected chi connectivity index (χ3v) is 5.27. The van der Waals surface area contributed by atoms with Crippen LogP contribution in [0, 0.1) is 12.7 Å². The summed E-state index contributed by atoms with van der Waals surface area (Å²) in [6.07, 6.45) is 0. The summed E-state index contributed by atoms with van der Waals surface area (Å²) in [5.41, 5.74) is 0.689. The molecule has 0 aliphatic carbocycles. The van der Waals surface area contributed by atoms with Crippen molar-refractivity contribution in [2.45, 2.75) is 18.4 Å². The minimum absolute atomic E-state index is 0.217. The van der Waals surface area contributed by atoms with Crippen molar-refractivity contribution in [2.75, 3.05) is 11.8 Å². The molecule has 1 aromatic carbocycles. The minimum Gasteiger partial charge on any atom is -0.315 e. The maximum Gasteiger partial charge on any atom is 0.263 e. The van der Waals surface area contributed by atoms with Gasteiger partial charge in [-0.3, -0.25) is 4.72 Å². The summed E-state index contributed by atoms with van der Waals surface area (Å²) < 4.78 is 40.5. The molecule has 0 amide bonds. The van der Waals surface area contributed by atoms with Gasteiger partial charge in [0.2, 0.25) is 0 Å². The molecule has 0 bridgehead atoms. The van der Waals surface area contributed by atoms with Gasteiger partial charge in [-0.2, -0.15) is 0 Å². The molecule has 108 valence electrons. The maximum absolute atomic E-state index is 13.5. The van der Waals surface area contributed by atoms with Gasteiger partial charge in [-0.25, -0.2) is 12.8 Å². The highest BCUT2D eigenvalue weighted by Gasteiger charge is 2.19. The van der Waals surface area contributed by atoms with Crippen molar-refractivity contribution in [3.05, 3.63) is 45.9 Å². The third kappa shape index (κ3) is 3.17. The molecule has 1 aromatic heterocycles. The Morgan fingerprint density at radius 3 is 2.70 bits per heavy atom. The van der Waals surface area contributed by atoms with Crippen LogP contribution in [-0.4, -0.2) is 15.5 Å². The van der Waals surface area contributed by atoms with Crippen LogP contribution in [0.1, 0.15) is 10.4 Å². The van der Waals surface area contributed by atoms with Gasteiger partial charge in [0.25, 0.3) is 10.0 Å². The standard InChI is InChI=1S/C13H15FN2O2S2/c1-9-3-4-10(7-11(9)14)16-20(17,18)13-5-6-19-12(13)8-15-2/h3-7,15-16H,8H2,1-2H3. The Labute approximate surface area is 121 Å². The lowest BCUT2D eigenvalue weighted by Crippen LogP contribution is -2.15. The Morgan fingerprint density at radius 2 is 2.05 bits per heavy atom. The summed E-state index contributed by atoms with van der Waals surface area (Å²) in [6, 6.07) is 5.80. The highest BCUT2D eigenvalue weighted by molar-refractivity contribution is 7.93. The Kier molecular flexibility index (Phi) is 4.42. The van der Waals surface area contributed by atoms with Gasteiger partial charge in [-0.15, -0.1) is 11.3 Å². The first-order valence-electron chi connectivity index (χ1n) is 5.94. The fourth-order valence-corrected chi connectivity index (χ4v) is 4.23. The molecule has 0 saturated heterocycles. The van der Waals surface area contributed by atoms with Crippen molar-refractivity contribution < 1.29 is 12.8 Å². The zero-order valence-corrected chi connectivity index (χ0v) is 12.7. The largest absolute Gasteiger partial charge is 0.315 e. The van der Waals surface area contributed by atoms with Crippen LogP contribution in [0.5, 0.6) is 0 Å². The first-order chi connectivity index (χ1) is 9.44. The molecule has 0 aliphatic rings. The Morgan fingerprint density at radius 1 is 1.30 bits per heavy atom. The van der Waals surface area contributed by atoms with Gasteiger partial charge in [0.1, 0.15) is 10.7 Å². The van der Waals surface area contributed by atoms with Crippen LogP contribution in [0.3, 0.4) is 0 Å². The summed E-state index contributed by atoms with van der Waals surface area (Å²) >= 11 is 1.36. The van der Waals surface area contributed by atoms with E-state index in [2.05, 4.69) is 10.0 Å². The number of thiophene rings is 1. The molecule has 0 saturated carbocycles. The van der Waals surface area contributed by atoms with E-state index in [9.17, 15) is 12.8 Å². The molecule has 0 fully saturated rings. The van der Waals surface area contributed by atoms with E-state index in [-0.39, 0.29) is 10.6 Å². The number of sulfonamides is 1. The molecule has 7 heteroatoms. The van der Waals surface area contributed by atoms with E-state index in [1.165, 1.54) is 23.5 Å². The zero-order valence-electron chi connectivity index (χ0n) is 11.1. The van der Waals surface area contributed by atoms with Gasteiger partial charge in [-0.05, 0) is 43.1 Å². The number of aryl methyl sites for hydroxylation is 1. The van der Waals surface area contributed by atoms with Crippen molar-refractivity contribution in [2.24, 2.45) is 0 Å². The van der Waals surface area contributed by atoms with Crippen molar-refractivity contribution in [1.82, 2.24) is 5.32 Å². The predicted octanol–water partition coefficient (Wildman–Crippen LogP) is 2.72. The number of benzene rings is 1. The van der Waals surface area contributed by atoms with E-state index < -0.39 is 15.8 Å². The number of halogens is 1. The van der Waals surface area contributed by atoms with E-state index in [4.69, 9.17) is 0 Å². The minimum atomic E-state index is -3.70. The second-order valence-corrected chi connectivity index (χ2v) is 6.96. The number of anilines is 1. The van der Waals surface area contributed by atoms with Crippen LogP contribution >= 0.6 is 11.3 Å². The SMILES string of the molecule is CNCc1sccc1S(=O)(=O)Nc1ccc(C)c(F)c1. The van der Waals surface area contributed by atoms with Gasteiger partial charge in [0.05, 0.1) is 5.69 Å². The lowest BCUT2D eigenvalue weighted by Gasteiger charge is -2.09. The molecule has 0 spiro atoms. The third-order valence-electron chi connectivity index (χ3n) is 2.76. The quantitative estimate of drug-likeness (QED) is 0.892. The van der Waals surface area contributed by atoms with Crippen LogP contribution in [0.25, 0.3) is 0 Å². The topological polar surface area (TPSA) is 58.2 Å². The van der Waals surface area contributed by atoms with Gasteiger partial charge in [0, 0.05) is 11.4 Å². The molecule has 2 rings (SSSR count). The van der Waals surface area contributed by atoms with Crippen LogP contribution in [0.4, 0.5) is 10.1 Å². The highest BCUT2D eigenvalue weighted by atomic mass is 32.2. The van der Waals surface area contributed by atoms with Gasteiger partial charge < -0.3 is 5.32 Å². The normalized spacial score (nSPS) is 11.6. The van der Waals surface area contributed by atoms with Gasteiger partial charge in [0.15, 0.2) is 0 Å². The lowest BCUT2D eigenvalue weighted by molar-refractivity contribution is 0.600. The van der Waals surface area contributed by atoms with Gasteiger partial charge >= 0.3 is 0 Å². The van der Waals surface area contributed by atoms with E-state index in [1.807, 2.05) is 0 Å². The molecule has 2 aromatic rings. The molecule has 2 N–H and O–H groups in total. The van der Waals surface area contributed by atoms with Crippen LogP contribution in [0.2, 0.25) is 0 Å². The maximum atomic E-state index is 13.5. The average molecular weight is 314 g/mol. The summed E-state index contributed by atoms with van der Waals surface area (Å²) in [5.74, 6) is -0.439. The second-order valence-electron chi connectivity index (χ2n) is 4.31. The number of rotatable bonds is 5. The van der Waals surface area contributed by atoms with Crippen molar-refractivity contribution in [1.29, 1.82) is 0 Å². The van der Waals surface area contributed by atoms with Gasteiger partial charge in [-0.1, -0.05) is 6.07 Å². The second kappa shape index (κ2) is 5.90. The fourth-order valence-electron chi connectivity index (χ4n) is 1.72. The first-order valence-corrected chi connectivity index (χ1v) is 8.30. The monoisotopic (exact) mass is 314 g/mol. The molecular weight excluding hydrogens is 299 g/mol. The van der Waals surface area contributed by atoms with Crippen LogP contribution in [-0.2, 0) is 16.6 Å². The number of hydrogen-bond acceptors (Lipinski definition) is 4. The molecule has 0 atom stereocenters. The smallest absolute Gasteiger partial charge is 0.263 e. The van der Waals surface area contributed by atoms with Crippen molar-refractivity contribution in [3.63, 3.8) is 0 Å². The molecule has 4 nitrogen and oxygen atoms in total. The summed E-state index contributed by atoms with van der Waals surface area (Å²) in [5, 5.41) is 4.64. The Bertz CT molecular complexity index is 711.